The van der Waals surface area contributed by atoms with Crippen molar-refractivity contribution >= 4 is 16.9 Å². The van der Waals surface area contributed by atoms with Crippen LogP contribution in [-0.4, -0.2) is 22.9 Å². The van der Waals surface area contributed by atoms with Crippen LogP contribution in [0.25, 0.3) is 10.8 Å². The van der Waals surface area contributed by atoms with Crippen LogP contribution < -0.4 is 5.32 Å². The first-order valence-corrected chi connectivity index (χ1v) is 9.45. The highest BCUT2D eigenvalue weighted by Gasteiger charge is 2.22. The van der Waals surface area contributed by atoms with Crippen molar-refractivity contribution in [3.8, 4) is 0 Å². The van der Waals surface area contributed by atoms with Crippen molar-refractivity contribution in [2.24, 2.45) is 5.92 Å². The lowest BCUT2D eigenvalue weighted by atomic mass is 9.80. The molecule has 4 nitrogen and oxygen atoms in total. The monoisotopic (exact) mass is 375 g/mol. The van der Waals surface area contributed by atoms with Gasteiger partial charge in [-0.1, -0.05) is 78.9 Å². The molecule has 0 saturated heterocycles. The molecule has 3 aromatic rings. The van der Waals surface area contributed by atoms with Crippen molar-refractivity contribution < 1.29 is 15.0 Å². The lowest BCUT2D eigenvalue weighted by Crippen LogP contribution is -2.19. The second-order valence-corrected chi connectivity index (χ2v) is 6.93. The van der Waals surface area contributed by atoms with Gasteiger partial charge < -0.3 is 10.2 Å². The molecule has 0 aliphatic heterocycles. The van der Waals surface area contributed by atoms with E-state index in [4.69, 9.17) is 5.11 Å². The minimum atomic E-state index is -1.09. The van der Waals surface area contributed by atoms with Gasteiger partial charge in [-0.2, -0.15) is 0 Å². The Hall–Kier alpha value is -3.11. The van der Waals surface area contributed by atoms with Crippen LogP contribution in [0.5, 0.6) is 0 Å². The van der Waals surface area contributed by atoms with E-state index in [1.807, 2.05) is 30.3 Å². The summed E-state index contributed by atoms with van der Waals surface area (Å²) in [6, 6.07) is 25.0. The van der Waals surface area contributed by atoms with Crippen LogP contribution in [0, 0.1) is 5.92 Å². The molecule has 2 unspecified atom stereocenters. The van der Waals surface area contributed by atoms with Gasteiger partial charge in [0.25, 0.3) is 0 Å². The van der Waals surface area contributed by atoms with Crippen LogP contribution in [0.3, 0.4) is 0 Å². The van der Waals surface area contributed by atoms with Crippen molar-refractivity contribution in [2.75, 3.05) is 6.61 Å². The number of aliphatic hydroxyl groups excluding tert-OH is 1. The zero-order valence-corrected chi connectivity index (χ0v) is 15.7. The first-order chi connectivity index (χ1) is 13.7. The normalized spacial score (nSPS) is 13.5. The summed E-state index contributed by atoms with van der Waals surface area (Å²) >= 11 is 0. The quantitative estimate of drug-likeness (QED) is 0.522. The fourth-order valence-electron chi connectivity index (χ4n) is 3.62. The molecule has 0 bridgehead atoms. The number of carbonyl (C=O) groups is 1. The van der Waals surface area contributed by atoms with Gasteiger partial charge in [-0.05, 0) is 46.6 Å². The maximum Gasteiger partial charge on any atom is 0.408 e. The average Bonchev–Trinajstić information content (AvgIpc) is 2.73. The van der Waals surface area contributed by atoms with Crippen molar-refractivity contribution in [2.45, 2.75) is 18.8 Å². The standard InChI is InChI=1S/C24H25NO3/c26-17-22(11-6-14-25-24(27)28)23(20-8-2-1-3-9-20)16-18-12-13-19-7-4-5-10-21(19)15-18/h1-10,12-15,22-23,25-26H,11,16-17H2,(H,27,28). The summed E-state index contributed by atoms with van der Waals surface area (Å²) in [4.78, 5) is 10.6. The van der Waals surface area contributed by atoms with Gasteiger partial charge >= 0.3 is 6.09 Å². The largest absolute Gasteiger partial charge is 0.465 e. The van der Waals surface area contributed by atoms with Gasteiger partial charge in [0.15, 0.2) is 0 Å². The second kappa shape index (κ2) is 9.72. The Bertz CT molecular complexity index is 937. The van der Waals surface area contributed by atoms with E-state index in [1.165, 1.54) is 28.1 Å². The number of benzene rings is 3. The zero-order chi connectivity index (χ0) is 19.8. The predicted molar refractivity (Wildman–Crippen MR) is 112 cm³/mol. The van der Waals surface area contributed by atoms with Crippen LogP contribution >= 0.6 is 0 Å². The van der Waals surface area contributed by atoms with Crippen LogP contribution in [0.2, 0.25) is 0 Å². The Kier molecular flexibility index (Phi) is 6.82. The third-order valence-corrected chi connectivity index (χ3v) is 5.06. The highest BCUT2D eigenvalue weighted by Crippen LogP contribution is 2.32. The van der Waals surface area contributed by atoms with E-state index in [1.54, 1.807) is 6.08 Å². The summed E-state index contributed by atoms with van der Waals surface area (Å²) in [5.41, 5.74) is 2.40. The van der Waals surface area contributed by atoms with Crippen molar-refractivity contribution in [3.05, 3.63) is 96.2 Å². The van der Waals surface area contributed by atoms with Gasteiger partial charge in [0, 0.05) is 12.8 Å². The molecule has 3 rings (SSSR count). The SMILES string of the molecule is O=C(O)NC=CCC(CO)C(Cc1ccc2ccccc2c1)c1ccccc1. The topological polar surface area (TPSA) is 69.6 Å². The van der Waals surface area contributed by atoms with Gasteiger partial charge in [0.05, 0.1) is 0 Å². The molecule has 144 valence electrons. The third kappa shape index (κ3) is 5.21. The molecule has 28 heavy (non-hydrogen) atoms. The number of rotatable bonds is 8. The molecule has 0 heterocycles. The molecule has 0 saturated carbocycles. The van der Waals surface area contributed by atoms with Crippen molar-refractivity contribution in [1.82, 2.24) is 5.32 Å². The maximum atomic E-state index is 10.6. The van der Waals surface area contributed by atoms with E-state index in [0.29, 0.717) is 6.42 Å². The molecule has 3 N–H and O–H groups in total. The van der Waals surface area contributed by atoms with Crippen LogP contribution in [-0.2, 0) is 6.42 Å². The Labute approximate surface area is 165 Å². The number of carboxylic acid groups (broad SMARTS) is 1. The number of fused-ring (bicyclic) bond motifs is 1. The second-order valence-electron chi connectivity index (χ2n) is 6.93. The first-order valence-electron chi connectivity index (χ1n) is 9.45. The predicted octanol–water partition coefficient (Wildman–Crippen LogP) is 4.95. The Morgan fingerprint density at radius 1 is 0.964 bits per heavy atom. The third-order valence-electron chi connectivity index (χ3n) is 5.06. The fourth-order valence-corrected chi connectivity index (χ4v) is 3.62. The smallest absolute Gasteiger partial charge is 0.408 e. The molecule has 0 aliphatic carbocycles. The van der Waals surface area contributed by atoms with Gasteiger partial charge in [0.1, 0.15) is 0 Å². The van der Waals surface area contributed by atoms with Crippen molar-refractivity contribution in [1.29, 1.82) is 0 Å². The summed E-state index contributed by atoms with van der Waals surface area (Å²) in [5.74, 6) is 0.113. The van der Waals surface area contributed by atoms with Crippen molar-refractivity contribution in [3.63, 3.8) is 0 Å². The van der Waals surface area contributed by atoms with E-state index in [2.05, 4.69) is 47.8 Å². The van der Waals surface area contributed by atoms with Crippen LogP contribution in [0.1, 0.15) is 23.5 Å². The molecule has 0 radical (unpaired) electrons. The van der Waals surface area contributed by atoms with E-state index < -0.39 is 6.09 Å². The van der Waals surface area contributed by atoms with E-state index in [9.17, 15) is 9.90 Å². The molecule has 0 aromatic heterocycles. The molecule has 1 amide bonds. The molecule has 0 spiro atoms. The lowest BCUT2D eigenvalue weighted by molar-refractivity contribution is 0.198. The summed E-state index contributed by atoms with van der Waals surface area (Å²) < 4.78 is 0. The lowest BCUT2D eigenvalue weighted by Gasteiger charge is -2.26. The van der Waals surface area contributed by atoms with Gasteiger partial charge in [-0.25, -0.2) is 4.79 Å². The molecule has 3 aromatic carbocycles. The Morgan fingerprint density at radius 3 is 2.39 bits per heavy atom. The fraction of sp³-hybridized carbons (Fsp3) is 0.208. The minimum Gasteiger partial charge on any atom is -0.465 e. The summed E-state index contributed by atoms with van der Waals surface area (Å²) in [5, 5.41) is 23.4. The maximum absolute atomic E-state index is 10.6. The molecule has 2 atom stereocenters. The number of aliphatic hydroxyl groups is 1. The van der Waals surface area contributed by atoms with E-state index >= 15 is 0 Å². The number of amides is 1. The number of hydrogen-bond acceptors (Lipinski definition) is 2. The minimum absolute atomic E-state index is 0.0132. The van der Waals surface area contributed by atoms with E-state index in [-0.39, 0.29) is 18.4 Å². The Balaban J connectivity index is 1.85. The zero-order valence-electron chi connectivity index (χ0n) is 15.7. The molecular formula is C24H25NO3. The van der Waals surface area contributed by atoms with Crippen LogP contribution in [0.15, 0.2) is 85.1 Å². The number of allylic oxidation sites excluding steroid dienone is 1. The molecule has 4 heteroatoms. The average molecular weight is 375 g/mol. The summed E-state index contributed by atoms with van der Waals surface area (Å²) in [6.45, 7) is 0.0323. The first kappa shape index (κ1) is 19.6. The number of nitrogens with one attached hydrogen (secondary N) is 1. The van der Waals surface area contributed by atoms with Gasteiger partial charge in [-0.15, -0.1) is 0 Å². The molecule has 0 aliphatic rings. The number of hydrogen-bond donors (Lipinski definition) is 3. The highest BCUT2D eigenvalue weighted by molar-refractivity contribution is 5.83. The molecular weight excluding hydrogens is 350 g/mol. The van der Waals surface area contributed by atoms with Gasteiger partial charge in [0.2, 0.25) is 0 Å². The van der Waals surface area contributed by atoms with E-state index in [0.717, 1.165) is 6.42 Å². The Morgan fingerprint density at radius 2 is 1.68 bits per heavy atom. The van der Waals surface area contributed by atoms with Crippen LogP contribution in [0.4, 0.5) is 4.79 Å². The summed E-state index contributed by atoms with van der Waals surface area (Å²) in [6.07, 6.45) is 3.49. The molecule has 0 fully saturated rings. The van der Waals surface area contributed by atoms with Gasteiger partial charge in [-0.3, -0.25) is 5.32 Å². The highest BCUT2D eigenvalue weighted by atomic mass is 16.4. The summed E-state index contributed by atoms with van der Waals surface area (Å²) in [7, 11) is 0.